The quantitative estimate of drug-likeness (QED) is 0.807. The van der Waals surface area contributed by atoms with E-state index < -0.39 is 0 Å². The van der Waals surface area contributed by atoms with Crippen LogP contribution in [-0.2, 0) is 0 Å². The SMILES string of the molecule is Cc1cc(C2CN(C)c3cc(Br)oc32)on1. The Morgan fingerprint density at radius 3 is 3.00 bits per heavy atom. The van der Waals surface area contributed by atoms with E-state index in [2.05, 4.69) is 26.0 Å². The average molecular weight is 283 g/mol. The third-order valence-electron chi connectivity index (χ3n) is 2.88. The molecular formula is C11H11BrN2O2. The van der Waals surface area contributed by atoms with Crippen LogP contribution in [0.4, 0.5) is 5.69 Å². The summed E-state index contributed by atoms with van der Waals surface area (Å²) in [5.74, 6) is 1.96. The molecule has 2 aromatic heterocycles. The first kappa shape index (κ1) is 9.96. The number of aryl methyl sites for hydroxylation is 1. The number of likely N-dealkylation sites (N-methyl/N-ethyl adjacent to an activating group) is 1. The zero-order chi connectivity index (χ0) is 11.3. The van der Waals surface area contributed by atoms with Gasteiger partial charge in [-0.05, 0) is 22.9 Å². The molecule has 2 aromatic rings. The molecule has 3 rings (SSSR count). The summed E-state index contributed by atoms with van der Waals surface area (Å²) in [6.45, 7) is 2.79. The highest BCUT2D eigenvalue weighted by Gasteiger charge is 2.34. The second kappa shape index (κ2) is 3.38. The van der Waals surface area contributed by atoms with Gasteiger partial charge in [-0.2, -0.15) is 0 Å². The molecule has 5 heteroatoms. The van der Waals surface area contributed by atoms with Gasteiger partial charge in [-0.1, -0.05) is 5.16 Å². The normalized spacial score (nSPS) is 19.2. The van der Waals surface area contributed by atoms with Gasteiger partial charge in [-0.3, -0.25) is 0 Å². The van der Waals surface area contributed by atoms with Crippen LogP contribution in [0.25, 0.3) is 0 Å². The minimum Gasteiger partial charge on any atom is -0.451 e. The Kier molecular flexibility index (Phi) is 2.10. The lowest BCUT2D eigenvalue weighted by Gasteiger charge is -2.10. The number of rotatable bonds is 1. The number of fused-ring (bicyclic) bond motifs is 1. The van der Waals surface area contributed by atoms with E-state index in [1.807, 2.05) is 26.1 Å². The van der Waals surface area contributed by atoms with Crippen LogP contribution in [0.1, 0.15) is 23.1 Å². The number of aromatic nitrogens is 1. The lowest BCUT2D eigenvalue weighted by molar-refractivity contribution is 0.355. The summed E-state index contributed by atoms with van der Waals surface area (Å²) in [6, 6.07) is 3.95. The molecule has 3 heterocycles. The third-order valence-corrected chi connectivity index (χ3v) is 3.27. The van der Waals surface area contributed by atoms with Crippen LogP contribution in [0, 0.1) is 6.92 Å². The van der Waals surface area contributed by atoms with E-state index >= 15 is 0 Å². The second-order valence-electron chi connectivity index (χ2n) is 4.10. The first-order chi connectivity index (χ1) is 7.65. The largest absolute Gasteiger partial charge is 0.451 e. The summed E-state index contributed by atoms with van der Waals surface area (Å²) in [5.41, 5.74) is 2.02. The fourth-order valence-corrected chi connectivity index (χ4v) is 2.53. The molecule has 16 heavy (non-hydrogen) atoms. The van der Waals surface area contributed by atoms with Gasteiger partial charge >= 0.3 is 0 Å². The molecular weight excluding hydrogens is 272 g/mol. The first-order valence-electron chi connectivity index (χ1n) is 5.08. The van der Waals surface area contributed by atoms with Gasteiger partial charge < -0.3 is 13.8 Å². The molecule has 84 valence electrons. The van der Waals surface area contributed by atoms with E-state index in [1.165, 1.54) is 0 Å². The Hall–Kier alpha value is -1.23. The predicted molar refractivity (Wildman–Crippen MR) is 62.8 cm³/mol. The molecule has 0 N–H and O–H groups in total. The molecule has 0 fully saturated rings. The van der Waals surface area contributed by atoms with E-state index in [0.717, 1.165) is 34.1 Å². The zero-order valence-corrected chi connectivity index (χ0v) is 10.6. The van der Waals surface area contributed by atoms with Crippen LogP contribution >= 0.6 is 15.9 Å². The summed E-state index contributed by atoms with van der Waals surface area (Å²) >= 11 is 3.35. The maximum Gasteiger partial charge on any atom is 0.171 e. The van der Waals surface area contributed by atoms with Crippen LogP contribution in [0.2, 0.25) is 0 Å². The van der Waals surface area contributed by atoms with Crippen molar-refractivity contribution in [3.8, 4) is 0 Å². The van der Waals surface area contributed by atoms with Crippen LogP contribution in [0.15, 0.2) is 25.7 Å². The smallest absolute Gasteiger partial charge is 0.171 e. The van der Waals surface area contributed by atoms with Gasteiger partial charge in [-0.15, -0.1) is 0 Å². The van der Waals surface area contributed by atoms with Gasteiger partial charge in [0, 0.05) is 25.7 Å². The Bertz CT molecular complexity index is 532. The van der Waals surface area contributed by atoms with Crippen molar-refractivity contribution in [1.29, 1.82) is 0 Å². The van der Waals surface area contributed by atoms with Crippen LogP contribution < -0.4 is 4.90 Å². The van der Waals surface area contributed by atoms with E-state index in [4.69, 9.17) is 8.94 Å². The number of hydrogen-bond acceptors (Lipinski definition) is 4. The summed E-state index contributed by atoms with van der Waals surface area (Å²) in [7, 11) is 2.05. The number of furan rings is 1. The predicted octanol–water partition coefficient (Wildman–Crippen LogP) is 2.92. The van der Waals surface area contributed by atoms with Crippen molar-refractivity contribution >= 4 is 21.6 Å². The standard InChI is InChI=1S/C11H11BrN2O2/c1-6-3-9(16-13-6)7-5-14(2)8-4-10(12)15-11(7)8/h3-4,7H,5H2,1-2H3. The number of anilines is 1. The second-order valence-corrected chi connectivity index (χ2v) is 4.89. The van der Waals surface area contributed by atoms with E-state index in [0.29, 0.717) is 0 Å². The summed E-state index contributed by atoms with van der Waals surface area (Å²) < 4.78 is 11.7. The van der Waals surface area contributed by atoms with E-state index in [-0.39, 0.29) is 5.92 Å². The molecule has 0 aliphatic carbocycles. The van der Waals surface area contributed by atoms with Crippen molar-refractivity contribution in [3.05, 3.63) is 34.0 Å². The highest BCUT2D eigenvalue weighted by atomic mass is 79.9. The molecule has 0 bridgehead atoms. The molecule has 0 aromatic carbocycles. The minimum absolute atomic E-state index is 0.146. The van der Waals surface area contributed by atoms with Gasteiger partial charge in [0.15, 0.2) is 4.67 Å². The van der Waals surface area contributed by atoms with Gasteiger partial charge in [0.2, 0.25) is 0 Å². The Labute approximate surface area is 101 Å². The molecule has 4 nitrogen and oxygen atoms in total. The third kappa shape index (κ3) is 1.38. The Morgan fingerprint density at radius 2 is 2.31 bits per heavy atom. The molecule has 1 aliphatic heterocycles. The number of hydrogen-bond donors (Lipinski definition) is 0. The molecule has 1 aliphatic rings. The highest BCUT2D eigenvalue weighted by Crippen LogP contribution is 2.42. The fourth-order valence-electron chi connectivity index (χ4n) is 2.14. The number of nitrogens with zero attached hydrogens (tertiary/aromatic N) is 2. The van der Waals surface area contributed by atoms with Crippen LogP contribution in [-0.4, -0.2) is 18.7 Å². The summed E-state index contributed by atoms with van der Waals surface area (Å²) in [6.07, 6.45) is 0. The van der Waals surface area contributed by atoms with Crippen LogP contribution in [0.3, 0.4) is 0 Å². The fraction of sp³-hybridized carbons (Fsp3) is 0.364. The average Bonchev–Trinajstić information content (AvgIpc) is 2.85. The topological polar surface area (TPSA) is 42.4 Å². The van der Waals surface area contributed by atoms with Crippen molar-refractivity contribution in [2.24, 2.45) is 0 Å². The number of halogens is 1. The molecule has 0 amide bonds. The van der Waals surface area contributed by atoms with Crippen molar-refractivity contribution in [2.45, 2.75) is 12.8 Å². The van der Waals surface area contributed by atoms with Gasteiger partial charge in [-0.25, -0.2) is 0 Å². The van der Waals surface area contributed by atoms with E-state index in [9.17, 15) is 0 Å². The summed E-state index contributed by atoms with van der Waals surface area (Å²) in [4.78, 5) is 2.16. The van der Waals surface area contributed by atoms with Crippen molar-refractivity contribution in [3.63, 3.8) is 0 Å². The first-order valence-corrected chi connectivity index (χ1v) is 5.88. The van der Waals surface area contributed by atoms with Crippen molar-refractivity contribution in [1.82, 2.24) is 5.16 Å². The van der Waals surface area contributed by atoms with Crippen molar-refractivity contribution in [2.75, 3.05) is 18.5 Å². The molecule has 1 atom stereocenters. The minimum atomic E-state index is 0.146. The Balaban J connectivity index is 2.05. The van der Waals surface area contributed by atoms with Gasteiger partial charge in [0.1, 0.15) is 11.5 Å². The maximum atomic E-state index is 5.66. The monoisotopic (exact) mass is 282 g/mol. The zero-order valence-electron chi connectivity index (χ0n) is 9.03. The molecule has 0 radical (unpaired) electrons. The highest BCUT2D eigenvalue weighted by molar-refractivity contribution is 9.10. The Morgan fingerprint density at radius 1 is 1.50 bits per heavy atom. The van der Waals surface area contributed by atoms with Gasteiger partial charge in [0.05, 0.1) is 17.3 Å². The molecule has 0 saturated carbocycles. The lowest BCUT2D eigenvalue weighted by Crippen LogP contribution is -2.15. The molecule has 1 unspecified atom stereocenters. The van der Waals surface area contributed by atoms with E-state index in [1.54, 1.807) is 0 Å². The molecule has 0 spiro atoms. The van der Waals surface area contributed by atoms with Crippen LogP contribution in [0.5, 0.6) is 0 Å². The summed E-state index contributed by atoms with van der Waals surface area (Å²) in [5, 5.41) is 3.92. The van der Waals surface area contributed by atoms with Crippen molar-refractivity contribution < 1.29 is 8.94 Å². The van der Waals surface area contributed by atoms with Gasteiger partial charge in [0.25, 0.3) is 0 Å². The maximum absolute atomic E-state index is 5.66. The molecule has 0 saturated heterocycles. The lowest BCUT2D eigenvalue weighted by atomic mass is 10.1.